The number of nitrogens with zero attached hydrogens (tertiary/aromatic N) is 1. The van der Waals surface area contributed by atoms with E-state index in [1.54, 1.807) is 19.1 Å². The quantitative estimate of drug-likeness (QED) is 0.769. The second kappa shape index (κ2) is 7.74. The molecule has 140 valence electrons. The smallest absolute Gasteiger partial charge is 0.326 e. The normalized spacial score (nSPS) is 13.8. The van der Waals surface area contributed by atoms with Crippen LogP contribution in [0.15, 0.2) is 47.6 Å². The summed E-state index contributed by atoms with van der Waals surface area (Å²) in [7, 11) is -3.81. The standard InChI is InChI=1S/C18H22N2O5S/c1-4-13(3)16(18(22)23)19-17(21)14-9-10-20(11-14)26(24,25)15-7-5-12(2)6-8-15/h5-11,13,16H,4H2,1-3H3,(H,19,21)(H,22,23). The monoisotopic (exact) mass is 378 g/mol. The minimum Gasteiger partial charge on any atom is -0.480 e. The van der Waals surface area contributed by atoms with E-state index in [4.69, 9.17) is 0 Å². The van der Waals surface area contributed by atoms with Gasteiger partial charge in [-0.15, -0.1) is 0 Å². The van der Waals surface area contributed by atoms with Crippen molar-refractivity contribution in [2.24, 2.45) is 5.92 Å². The first-order valence-electron chi connectivity index (χ1n) is 8.20. The highest BCUT2D eigenvalue weighted by atomic mass is 32.2. The Morgan fingerprint density at radius 3 is 2.35 bits per heavy atom. The lowest BCUT2D eigenvalue weighted by Gasteiger charge is -2.19. The zero-order valence-corrected chi connectivity index (χ0v) is 15.7. The first-order valence-corrected chi connectivity index (χ1v) is 9.64. The third-order valence-electron chi connectivity index (χ3n) is 4.29. The van der Waals surface area contributed by atoms with Crippen LogP contribution in [0.3, 0.4) is 0 Å². The van der Waals surface area contributed by atoms with Crippen LogP contribution in [0.5, 0.6) is 0 Å². The van der Waals surface area contributed by atoms with Crippen LogP contribution >= 0.6 is 0 Å². The van der Waals surface area contributed by atoms with Crippen LogP contribution in [0.2, 0.25) is 0 Å². The Balaban J connectivity index is 2.24. The molecule has 0 saturated carbocycles. The Morgan fingerprint density at radius 1 is 1.19 bits per heavy atom. The van der Waals surface area contributed by atoms with E-state index in [9.17, 15) is 23.1 Å². The molecule has 1 aromatic heterocycles. The third kappa shape index (κ3) is 4.13. The van der Waals surface area contributed by atoms with E-state index in [1.807, 2.05) is 13.8 Å². The van der Waals surface area contributed by atoms with Gasteiger partial charge in [0, 0.05) is 12.4 Å². The van der Waals surface area contributed by atoms with E-state index in [1.165, 1.54) is 30.6 Å². The van der Waals surface area contributed by atoms with Crippen LogP contribution in [0.25, 0.3) is 0 Å². The zero-order chi connectivity index (χ0) is 19.5. The second-order valence-corrected chi connectivity index (χ2v) is 8.07. The van der Waals surface area contributed by atoms with Gasteiger partial charge in [0.15, 0.2) is 0 Å². The topological polar surface area (TPSA) is 105 Å². The highest BCUT2D eigenvalue weighted by Crippen LogP contribution is 2.16. The van der Waals surface area contributed by atoms with Crippen molar-refractivity contribution < 1.29 is 23.1 Å². The summed E-state index contributed by atoms with van der Waals surface area (Å²) < 4.78 is 26.2. The van der Waals surface area contributed by atoms with Crippen molar-refractivity contribution >= 4 is 21.9 Å². The Hall–Kier alpha value is -2.61. The van der Waals surface area contributed by atoms with Crippen LogP contribution in [-0.2, 0) is 14.8 Å². The summed E-state index contributed by atoms with van der Waals surface area (Å²) in [5, 5.41) is 11.7. The van der Waals surface area contributed by atoms with Crippen molar-refractivity contribution in [2.75, 3.05) is 0 Å². The van der Waals surface area contributed by atoms with Gasteiger partial charge in [-0.05, 0) is 31.0 Å². The molecule has 0 spiro atoms. The van der Waals surface area contributed by atoms with Crippen LogP contribution in [-0.4, -0.2) is 35.4 Å². The average molecular weight is 378 g/mol. The molecule has 2 N–H and O–H groups in total. The molecule has 0 fully saturated rings. The Bertz CT molecular complexity index is 900. The number of hydrogen-bond donors (Lipinski definition) is 2. The van der Waals surface area contributed by atoms with Crippen molar-refractivity contribution in [3.05, 3.63) is 53.9 Å². The van der Waals surface area contributed by atoms with Gasteiger partial charge in [0.2, 0.25) is 0 Å². The van der Waals surface area contributed by atoms with Crippen LogP contribution < -0.4 is 5.32 Å². The number of benzene rings is 1. The molecule has 0 radical (unpaired) electrons. The third-order valence-corrected chi connectivity index (χ3v) is 5.94. The maximum absolute atomic E-state index is 12.6. The molecule has 0 aliphatic carbocycles. The van der Waals surface area contributed by atoms with E-state index in [0.717, 1.165) is 9.54 Å². The Kier molecular flexibility index (Phi) is 5.86. The molecular formula is C18H22N2O5S. The number of aliphatic carboxylic acids is 1. The van der Waals surface area contributed by atoms with E-state index in [0.29, 0.717) is 6.42 Å². The fourth-order valence-electron chi connectivity index (χ4n) is 2.40. The molecule has 0 aliphatic rings. The molecule has 2 aromatic rings. The number of aryl methyl sites for hydroxylation is 1. The maximum atomic E-state index is 12.6. The Morgan fingerprint density at radius 2 is 1.81 bits per heavy atom. The van der Waals surface area contributed by atoms with Crippen LogP contribution in [0.4, 0.5) is 0 Å². The lowest BCUT2D eigenvalue weighted by molar-refractivity contribution is -0.140. The number of rotatable bonds is 7. The molecule has 7 nitrogen and oxygen atoms in total. The van der Waals surface area contributed by atoms with E-state index in [-0.39, 0.29) is 16.4 Å². The zero-order valence-electron chi connectivity index (χ0n) is 14.8. The summed E-state index contributed by atoms with van der Waals surface area (Å²) in [4.78, 5) is 23.8. The first-order chi connectivity index (χ1) is 12.2. The summed E-state index contributed by atoms with van der Waals surface area (Å²) in [6, 6.07) is 6.67. The van der Waals surface area contributed by atoms with Crippen molar-refractivity contribution in [3.8, 4) is 0 Å². The molecule has 0 aliphatic heterocycles. The number of carboxylic acids is 1. The first kappa shape index (κ1) is 19.7. The summed E-state index contributed by atoms with van der Waals surface area (Å²) >= 11 is 0. The molecule has 2 rings (SSSR count). The molecule has 8 heteroatoms. The minimum atomic E-state index is -3.81. The van der Waals surface area contributed by atoms with Gasteiger partial charge >= 0.3 is 5.97 Å². The fraction of sp³-hybridized carbons (Fsp3) is 0.333. The number of carbonyl (C=O) groups is 2. The summed E-state index contributed by atoms with van der Waals surface area (Å²) in [6.45, 7) is 5.41. The predicted octanol–water partition coefficient (Wildman–Crippen LogP) is 2.26. The highest BCUT2D eigenvalue weighted by molar-refractivity contribution is 7.90. The second-order valence-electron chi connectivity index (χ2n) is 6.22. The molecule has 0 bridgehead atoms. The van der Waals surface area contributed by atoms with Gasteiger partial charge in [-0.1, -0.05) is 38.0 Å². The minimum absolute atomic E-state index is 0.0789. The SMILES string of the molecule is CCC(C)C(NC(=O)c1ccn(S(=O)(=O)c2ccc(C)cc2)c1)C(=O)O. The van der Waals surface area contributed by atoms with E-state index >= 15 is 0 Å². The van der Waals surface area contributed by atoms with Gasteiger partial charge < -0.3 is 10.4 Å². The largest absolute Gasteiger partial charge is 0.480 e. The maximum Gasteiger partial charge on any atom is 0.326 e. The van der Waals surface area contributed by atoms with Gasteiger partial charge in [-0.3, -0.25) is 4.79 Å². The lowest BCUT2D eigenvalue weighted by Crippen LogP contribution is -2.44. The summed E-state index contributed by atoms with van der Waals surface area (Å²) in [5.74, 6) is -2.01. The van der Waals surface area contributed by atoms with Crippen LogP contribution in [0, 0.1) is 12.8 Å². The highest BCUT2D eigenvalue weighted by Gasteiger charge is 2.26. The van der Waals surface area contributed by atoms with Crippen LogP contribution in [0.1, 0.15) is 36.2 Å². The van der Waals surface area contributed by atoms with Crippen molar-refractivity contribution in [1.82, 2.24) is 9.29 Å². The fourth-order valence-corrected chi connectivity index (χ4v) is 3.60. The average Bonchev–Trinajstić information content (AvgIpc) is 3.10. The molecule has 2 unspecified atom stereocenters. The van der Waals surface area contributed by atoms with Crippen molar-refractivity contribution in [1.29, 1.82) is 0 Å². The van der Waals surface area contributed by atoms with Gasteiger partial charge in [0.25, 0.3) is 15.9 Å². The number of carboxylic acid groups (broad SMARTS) is 1. The molecule has 26 heavy (non-hydrogen) atoms. The predicted molar refractivity (Wildman–Crippen MR) is 96.5 cm³/mol. The summed E-state index contributed by atoms with van der Waals surface area (Å²) in [5.41, 5.74) is 1.01. The number of nitrogens with one attached hydrogen (secondary N) is 1. The molecule has 1 heterocycles. The molecule has 2 atom stereocenters. The number of carbonyl (C=O) groups excluding carboxylic acids is 1. The molecule has 0 saturated heterocycles. The van der Waals surface area contributed by atoms with Gasteiger partial charge in [0.1, 0.15) is 6.04 Å². The Labute approximate surface area is 152 Å². The van der Waals surface area contributed by atoms with Crippen molar-refractivity contribution in [3.63, 3.8) is 0 Å². The number of amides is 1. The lowest BCUT2D eigenvalue weighted by atomic mass is 9.99. The number of aromatic nitrogens is 1. The van der Waals surface area contributed by atoms with Gasteiger partial charge in [0.05, 0.1) is 10.5 Å². The van der Waals surface area contributed by atoms with E-state index in [2.05, 4.69) is 5.32 Å². The van der Waals surface area contributed by atoms with E-state index < -0.39 is 27.9 Å². The van der Waals surface area contributed by atoms with Gasteiger partial charge in [-0.2, -0.15) is 0 Å². The summed E-state index contributed by atoms with van der Waals surface area (Å²) in [6.07, 6.45) is 3.03. The molecular weight excluding hydrogens is 356 g/mol. The molecule has 1 aromatic carbocycles. The van der Waals surface area contributed by atoms with Gasteiger partial charge in [-0.25, -0.2) is 17.2 Å². The number of hydrogen-bond acceptors (Lipinski definition) is 4. The molecule has 1 amide bonds. The van der Waals surface area contributed by atoms with Crippen molar-refractivity contribution in [2.45, 2.75) is 38.1 Å².